The lowest BCUT2D eigenvalue weighted by atomic mass is 9.89. The number of hydrogen-bond donors (Lipinski definition) is 0. The average Bonchev–Trinajstić information content (AvgIpc) is 3.06. The van der Waals surface area contributed by atoms with Gasteiger partial charge in [-0.3, -0.25) is 0 Å². The molecule has 3 aromatic carbocycles. The van der Waals surface area contributed by atoms with E-state index in [1.165, 1.54) is 50.6 Å². The van der Waals surface area contributed by atoms with Gasteiger partial charge < -0.3 is 0 Å². The molecule has 0 aliphatic heterocycles. The Labute approximate surface area is 209 Å². The minimum atomic E-state index is -1.49. The normalized spacial score (nSPS) is 17.0. The zero-order chi connectivity index (χ0) is 24.4. The molecule has 0 radical (unpaired) electrons. The van der Waals surface area contributed by atoms with E-state index in [9.17, 15) is 0 Å². The predicted octanol–water partition coefficient (Wildman–Crippen LogP) is 7.22. The zero-order valence-corrected chi connectivity index (χ0v) is 23.3. The molecule has 176 valence electrons. The Kier molecular flexibility index (Phi) is 7.43. The first-order valence-electron chi connectivity index (χ1n) is 13.0. The van der Waals surface area contributed by atoms with Gasteiger partial charge in [0.05, 0.1) is 0 Å². The van der Waals surface area contributed by atoms with Gasteiger partial charge in [-0.2, -0.15) is 0 Å². The first-order chi connectivity index (χ1) is 16.3. The maximum absolute atomic E-state index is 2.53. The number of rotatable bonds is 7. The minimum absolute atomic E-state index is 0.418. The van der Waals surface area contributed by atoms with E-state index in [0.717, 1.165) is 12.8 Å². The molecule has 34 heavy (non-hydrogen) atoms. The van der Waals surface area contributed by atoms with Gasteiger partial charge in [0.1, 0.15) is 8.80 Å². The van der Waals surface area contributed by atoms with Crippen molar-refractivity contribution < 1.29 is 0 Å². The molecule has 0 N–H and O–H groups in total. The van der Waals surface area contributed by atoms with Crippen LogP contribution in [0.25, 0.3) is 0 Å². The molecule has 2 unspecified atom stereocenters. The highest BCUT2D eigenvalue weighted by Crippen LogP contribution is 2.45. The third-order valence-corrected chi connectivity index (χ3v) is 11.5. The van der Waals surface area contributed by atoms with Crippen molar-refractivity contribution in [1.82, 2.24) is 0 Å². The topological polar surface area (TPSA) is 0 Å². The van der Waals surface area contributed by atoms with Gasteiger partial charge in [-0.05, 0) is 81.3 Å². The largest absolute Gasteiger partial charge is 0.107 e. The fourth-order valence-electron chi connectivity index (χ4n) is 5.84. The van der Waals surface area contributed by atoms with Crippen LogP contribution in [-0.2, 0) is 12.8 Å². The van der Waals surface area contributed by atoms with Crippen LogP contribution < -0.4 is 10.4 Å². The molecule has 0 amide bonds. The second-order valence-corrected chi connectivity index (χ2v) is 13.0. The fraction of sp³-hybridized carbons (Fsp3) is 0.333. The lowest BCUT2D eigenvalue weighted by molar-refractivity contribution is 0.932. The molecule has 4 rings (SSSR count). The van der Waals surface area contributed by atoms with Crippen molar-refractivity contribution in [1.29, 1.82) is 0 Å². The summed E-state index contributed by atoms with van der Waals surface area (Å²) in [6, 6.07) is 27.0. The van der Waals surface area contributed by atoms with Crippen molar-refractivity contribution in [3.63, 3.8) is 0 Å². The van der Waals surface area contributed by atoms with E-state index < -0.39 is 8.80 Å². The maximum atomic E-state index is 2.53. The van der Waals surface area contributed by atoms with Crippen LogP contribution in [-0.4, -0.2) is 8.80 Å². The first kappa shape index (κ1) is 24.5. The molecule has 3 aromatic rings. The summed E-state index contributed by atoms with van der Waals surface area (Å²) in [5.74, 6) is 0.418. The Morgan fingerprint density at radius 2 is 1.35 bits per heavy atom. The molecular weight excluding hydrogens is 424 g/mol. The van der Waals surface area contributed by atoms with E-state index >= 15 is 0 Å². The summed E-state index contributed by atoms with van der Waals surface area (Å²) in [7, 11) is -1.49. The Balaban J connectivity index is 1.86. The highest BCUT2D eigenvalue weighted by Gasteiger charge is 2.32. The quantitative estimate of drug-likeness (QED) is 0.324. The Morgan fingerprint density at radius 3 is 1.94 bits per heavy atom. The van der Waals surface area contributed by atoms with Gasteiger partial charge in [-0.1, -0.05) is 113 Å². The molecule has 1 heteroatoms. The monoisotopic (exact) mass is 464 g/mol. The Hall–Kier alpha value is -2.64. The highest BCUT2D eigenvalue weighted by molar-refractivity contribution is 6.86. The molecule has 2 atom stereocenters. The molecule has 0 saturated carbocycles. The van der Waals surface area contributed by atoms with Crippen molar-refractivity contribution in [3.8, 4) is 0 Å². The zero-order valence-electron chi connectivity index (χ0n) is 22.1. The molecule has 0 heterocycles. The van der Waals surface area contributed by atoms with E-state index in [1.54, 1.807) is 15.9 Å². The molecule has 0 nitrogen and oxygen atoms in total. The van der Waals surface area contributed by atoms with Crippen LogP contribution in [0.2, 0.25) is 6.04 Å². The maximum Gasteiger partial charge on any atom is 0.107 e. The van der Waals surface area contributed by atoms with Crippen LogP contribution in [0.15, 0.2) is 89.0 Å². The van der Waals surface area contributed by atoms with Gasteiger partial charge in [0.25, 0.3) is 0 Å². The van der Waals surface area contributed by atoms with Gasteiger partial charge in [-0.15, -0.1) is 0 Å². The van der Waals surface area contributed by atoms with Crippen LogP contribution in [0.3, 0.4) is 0 Å². The van der Waals surface area contributed by atoms with Crippen LogP contribution in [0.1, 0.15) is 68.4 Å². The van der Waals surface area contributed by atoms with E-state index in [2.05, 4.69) is 115 Å². The highest BCUT2D eigenvalue weighted by atomic mass is 28.3. The lowest BCUT2D eigenvalue weighted by Gasteiger charge is -2.26. The minimum Gasteiger partial charge on any atom is -0.0624 e. The number of aryl methyl sites for hydroxylation is 4. The van der Waals surface area contributed by atoms with Gasteiger partial charge >= 0.3 is 0 Å². The SMILES string of the molecule is CCc1cc(CC)cc([SiH](CC2=C(C)C(C)=C(C)C2c2ccccc2)c2ccc(C)cc2C)c1. The summed E-state index contributed by atoms with van der Waals surface area (Å²) in [6.45, 7) is 16.2. The number of allylic oxidation sites excluding steroid dienone is 4. The van der Waals surface area contributed by atoms with E-state index in [-0.39, 0.29) is 0 Å². The summed E-state index contributed by atoms with van der Waals surface area (Å²) in [5.41, 5.74) is 13.4. The summed E-state index contributed by atoms with van der Waals surface area (Å²) < 4.78 is 0. The van der Waals surface area contributed by atoms with Gasteiger partial charge in [0, 0.05) is 5.92 Å². The van der Waals surface area contributed by atoms with Crippen LogP contribution >= 0.6 is 0 Å². The van der Waals surface area contributed by atoms with Crippen LogP contribution in [0.4, 0.5) is 0 Å². The third kappa shape index (κ3) is 4.77. The molecule has 0 spiro atoms. The predicted molar refractivity (Wildman–Crippen MR) is 153 cm³/mol. The smallest absolute Gasteiger partial charge is 0.0624 e. The summed E-state index contributed by atoms with van der Waals surface area (Å²) in [6.07, 6.45) is 2.20. The van der Waals surface area contributed by atoms with E-state index in [1.807, 2.05) is 0 Å². The molecule has 0 saturated heterocycles. The summed E-state index contributed by atoms with van der Waals surface area (Å²) in [4.78, 5) is 0. The first-order valence-corrected chi connectivity index (χ1v) is 14.9. The molecule has 1 aliphatic rings. The standard InChI is InChI=1S/C33H40Si/c1-8-27-18-28(9-2)20-30(19-27)34(32-16-15-22(3)17-23(32)4)21-31-25(6)24(5)26(7)33(31)29-13-11-10-12-14-29/h10-20,33-34H,8-9,21H2,1-7H3. The number of hydrogen-bond acceptors (Lipinski definition) is 0. The lowest BCUT2D eigenvalue weighted by Crippen LogP contribution is -2.44. The second kappa shape index (κ2) is 10.3. The number of benzene rings is 3. The molecule has 0 aromatic heterocycles. The van der Waals surface area contributed by atoms with Gasteiger partial charge in [0.15, 0.2) is 0 Å². The van der Waals surface area contributed by atoms with Crippen molar-refractivity contribution in [2.75, 3.05) is 0 Å². The molecule has 0 fully saturated rings. The fourth-order valence-corrected chi connectivity index (χ4v) is 9.43. The van der Waals surface area contributed by atoms with Crippen molar-refractivity contribution >= 4 is 19.2 Å². The third-order valence-electron chi connectivity index (χ3n) is 8.07. The Morgan fingerprint density at radius 1 is 0.706 bits per heavy atom. The average molecular weight is 465 g/mol. The van der Waals surface area contributed by atoms with Gasteiger partial charge in [-0.25, -0.2) is 0 Å². The van der Waals surface area contributed by atoms with Gasteiger partial charge in [0.2, 0.25) is 0 Å². The van der Waals surface area contributed by atoms with Crippen LogP contribution in [0.5, 0.6) is 0 Å². The van der Waals surface area contributed by atoms with Crippen LogP contribution in [0, 0.1) is 13.8 Å². The Bertz CT molecular complexity index is 1220. The summed E-state index contributed by atoms with van der Waals surface area (Å²) in [5, 5.41) is 3.22. The molecule has 1 aliphatic carbocycles. The van der Waals surface area contributed by atoms with Crippen molar-refractivity contribution in [3.05, 3.63) is 117 Å². The van der Waals surface area contributed by atoms with Crippen molar-refractivity contribution in [2.24, 2.45) is 0 Å². The van der Waals surface area contributed by atoms with E-state index in [0.29, 0.717) is 5.92 Å². The molecule has 0 bridgehead atoms. The van der Waals surface area contributed by atoms with Crippen molar-refractivity contribution in [2.45, 2.75) is 73.3 Å². The molecular formula is C33H40Si. The summed E-state index contributed by atoms with van der Waals surface area (Å²) >= 11 is 0. The van der Waals surface area contributed by atoms with E-state index in [4.69, 9.17) is 0 Å². The second-order valence-electron chi connectivity index (χ2n) is 10.2.